The maximum Gasteiger partial charge on any atom is 0.0628 e. The van der Waals surface area contributed by atoms with E-state index in [0.29, 0.717) is 10.9 Å². The van der Waals surface area contributed by atoms with Gasteiger partial charge in [0.2, 0.25) is 0 Å². The smallest absolute Gasteiger partial charge is 0.0628 e. The van der Waals surface area contributed by atoms with Crippen molar-refractivity contribution in [2.45, 2.75) is 43.0 Å². The molecule has 0 N–H and O–H groups in total. The van der Waals surface area contributed by atoms with Crippen LogP contribution in [0.4, 0.5) is 0 Å². The number of thioether (sulfide) groups is 1. The largest absolute Gasteiger partial charge is 0.269 e. The maximum absolute atomic E-state index is 4.78. The number of hydrogen-bond acceptors (Lipinski definition) is 2. The Labute approximate surface area is 116 Å². The molecular weight excluding hydrogens is 296 g/mol. The lowest BCUT2D eigenvalue weighted by Crippen LogP contribution is -2.15. The molecule has 2 atom stereocenters. The molecule has 1 aliphatic heterocycles. The van der Waals surface area contributed by atoms with E-state index in [2.05, 4.69) is 44.6 Å². The lowest BCUT2D eigenvalue weighted by atomic mass is 10.0. The fraction of sp³-hybridized carbons (Fsp3) is 0.769. The summed E-state index contributed by atoms with van der Waals surface area (Å²) in [5, 5.41) is 4.78. The number of alkyl halides is 1. The van der Waals surface area contributed by atoms with Crippen molar-refractivity contribution in [2.24, 2.45) is 5.92 Å². The van der Waals surface area contributed by atoms with Gasteiger partial charge in [-0.1, -0.05) is 28.8 Å². The molecule has 94 valence electrons. The van der Waals surface area contributed by atoms with Gasteiger partial charge in [0.1, 0.15) is 0 Å². The molecule has 2 nitrogen and oxygen atoms in total. The topological polar surface area (TPSA) is 17.8 Å². The van der Waals surface area contributed by atoms with Crippen LogP contribution in [0.1, 0.15) is 37.4 Å². The molecule has 0 amide bonds. The van der Waals surface area contributed by atoms with Crippen molar-refractivity contribution in [3.05, 3.63) is 18.0 Å². The second-order valence-electron chi connectivity index (χ2n) is 5.24. The normalized spacial score (nSPS) is 30.2. The molecule has 1 aliphatic carbocycles. The highest BCUT2D eigenvalue weighted by molar-refractivity contribution is 9.09. The van der Waals surface area contributed by atoms with Gasteiger partial charge in [-0.15, -0.1) is 0 Å². The zero-order chi connectivity index (χ0) is 11.7. The SMILES string of the molecule is BrC1CSCC1Cc1ccn(C2CCCC2)n1. The Morgan fingerprint density at radius 3 is 2.88 bits per heavy atom. The minimum atomic E-state index is 0.682. The molecule has 0 bridgehead atoms. The minimum Gasteiger partial charge on any atom is -0.269 e. The molecular formula is C13H19BrN2S. The lowest BCUT2D eigenvalue weighted by molar-refractivity contribution is 0.459. The van der Waals surface area contributed by atoms with Crippen LogP contribution >= 0.6 is 27.7 Å². The van der Waals surface area contributed by atoms with Gasteiger partial charge in [-0.05, 0) is 37.0 Å². The zero-order valence-corrected chi connectivity index (χ0v) is 12.4. The second-order valence-corrected chi connectivity index (χ2v) is 7.49. The third kappa shape index (κ3) is 2.73. The first kappa shape index (κ1) is 12.1. The Bertz CT molecular complexity index is 373. The molecule has 0 radical (unpaired) electrons. The summed E-state index contributed by atoms with van der Waals surface area (Å²) in [6, 6.07) is 2.91. The summed E-state index contributed by atoms with van der Waals surface area (Å²) in [6.07, 6.45) is 8.73. The van der Waals surface area contributed by atoms with Crippen molar-refractivity contribution >= 4 is 27.7 Å². The Morgan fingerprint density at radius 2 is 2.18 bits per heavy atom. The van der Waals surface area contributed by atoms with E-state index in [1.165, 1.54) is 42.9 Å². The van der Waals surface area contributed by atoms with Crippen molar-refractivity contribution in [1.82, 2.24) is 9.78 Å². The van der Waals surface area contributed by atoms with E-state index in [-0.39, 0.29) is 0 Å². The zero-order valence-electron chi connectivity index (χ0n) is 10.0. The molecule has 1 aromatic rings. The van der Waals surface area contributed by atoms with Crippen molar-refractivity contribution in [2.75, 3.05) is 11.5 Å². The Balaban J connectivity index is 1.63. The molecule has 1 saturated heterocycles. The predicted octanol–water partition coefficient (Wildman–Crippen LogP) is 3.67. The third-order valence-corrected chi connectivity index (χ3v) is 6.71. The van der Waals surface area contributed by atoms with Crippen LogP contribution < -0.4 is 0 Å². The van der Waals surface area contributed by atoms with E-state index < -0.39 is 0 Å². The number of hydrogen-bond donors (Lipinski definition) is 0. The van der Waals surface area contributed by atoms with Gasteiger partial charge >= 0.3 is 0 Å². The molecule has 4 heteroatoms. The number of rotatable bonds is 3. The average Bonchev–Trinajstić information content (AvgIpc) is 3.02. The summed E-state index contributed by atoms with van der Waals surface area (Å²) < 4.78 is 2.22. The molecule has 0 aromatic carbocycles. The van der Waals surface area contributed by atoms with Gasteiger partial charge in [0.15, 0.2) is 0 Å². The van der Waals surface area contributed by atoms with Gasteiger partial charge in [-0.2, -0.15) is 16.9 Å². The predicted molar refractivity (Wildman–Crippen MR) is 77.0 cm³/mol. The molecule has 2 heterocycles. The van der Waals surface area contributed by atoms with Crippen LogP contribution in [0.25, 0.3) is 0 Å². The van der Waals surface area contributed by atoms with E-state index in [9.17, 15) is 0 Å². The monoisotopic (exact) mass is 314 g/mol. The quantitative estimate of drug-likeness (QED) is 0.792. The van der Waals surface area contributed by atoms with Crippen molar-refractivity contribution in [3.8, 4) is 0 Å². The maximum atomic E-state index is 4.78. The summed E-state index contributed by atoms with van der Waals surface area (Å²) in [6.45, 7) is 0. The number of aromatic nitrogens is 2. The van der Waals surface area contributed by atoms with E-state index >= 15 is 0 Å². The van der Waals surface area contributed by atoms with Crippen LogP contribution in [0, 0.1) is 5.92 Å². The van der Waals surface area contributed by atoms with Gasteiger partial charge in [0.05, 0.1) is 11.7 Å². The Morgan fingerprint density at radius 1 is 1.35 bits per heavy atom. The average molecular weight is 315 g/mol. The van der Waals surface area contributed by atoms with Gasteiger partial charge in [-0.3, -0.25) is 4.68 Å². The summed E-state index contributed by atoms with van der Waals surface area (Å²) in [4.78, 5) is 0.684. The standard InChI is InChI=1S/C13H19BrN2S/c14-13-9-17-8-10(13)7-11-5-6-16(15-11)12-3-1-2-4-12/h5-6,10,12-13H,1-4,7-9H2. The van der Waals surface area contributed by atoms with Crippen LogP contribution in [0.15, 0.2) is 12.3 Å². The van der Waals surface area contributed by atoms with Crippen LogP contribution in [0.2, 0.25) is 0 Å². The van der Waals surface area contributed by atoms with Crippen molar-refractivity contribution in [3.63, 3.8) is 0 Å². The molecule has 0 spiro atoms. The summed E-state index contributed by atoms with van der Waals surface area (Å²) >= 11 is 5.84. The van der Waals surface area contributed by atoms with E-state index in [4.69, 9.17) is 5.10 Å². The summed E-state index contributed by atoms with van der Waals surface area (Å²) in [5.41, 5.74) is 1.29. The molecule has 17 heavy (non-hydrogen) atoms. The molecule has 2 unspecified atom stereocenters. The van der Waals surface area contributed by atoms with Gasteiger partial charge < -0.3 is 0 Å². The van der Waals surface area contributed by atoms with E-state index in [1.807, 2.05) is 0 Å². The molecule has 2 fully saturated rings. The molecule has 1 aromatic heterocycles. The second kappa shape index (κ2) is 5.35. The summed E-state index contributed by atoms with van der Waals surface area (Å²) in [7, 11) is 0. The van der Waals surface area contributed by atoms with E-state index in [0.717, 1.165) is 12.3 Å². The minimum absolute atomic E-state index is 0.682. The highest BCUT2D eigenvalue weighted by Gasteiger charge is 2.26. The highest BCUT2D eigenvalue weighted by Crippen LogP contribution is 2.33. The Hall–Kier alpha value is 0.0400. The highest BCUT2D eigenvalue weighted by atomic mass is 79.9. The molecule has 2 aliphatic rings. The van der Waals surface area contributed by atoms with Gasteiger partial charge in [-0.25, -0.2) is 0 Å². The first-order valence-corrected chi connectivity index (χ1v) is 8.66. The van der Waals surface area contributed by atoms with Gasteiger partial charge in [0.25, 0.3) is 0 Å². The number of halogens is 1. The van der Waals surface area contributed by atoms with E-state index in [1.54, 1.807) is 0 Å². The molecule has 3 rings (SSSR count). The first-order chi connectivity index (χ1) is 8.33. The van der Waals surface area contributed by atoms with Crippen molar-refractivity contribution in [1.29, 1.82) is 0 Å². The number of nitrogens with zero attached hydrogens (tertiary/aromatic N) is 2. The fourth-order valence-electron chi connectivity index (χ4n) is 2.89. The Kier molecular flexibility index (Phi) is 3.81. The summed E-state index contributed by atoms with van der Waals surface area (Å²) in [5.74, 6) is 3.31. The van der Waals surface area contributed by atoms with Crippen molar-refractivity contribution < 1.29 is 0 Å². The van der Waals surface area contributed by atoms with Crippen LogP contribution in [-0.2, 0) is 6.42 Å². The van der Waals surface area contributed by atoms with Crippen LogP contribution in [0.3, 0.4) is 0 Å². The van der Waals surface area contributed by atoms with Gasteiger partial charge in [0, 0.05) is 16.8 Å². The van der Waals surface area contributed by atoms with Crippen LogP contribution in [-0.4, -0.2) is 26.1 Å². The third-order valence-electron chi connectivity index (χ3n) is 3.95. The molecule has 1 saturated carbocycles. The van der Waals surface area contributed by atoms with Crippen LogP contribution in [0.5, 0.6) is 0 Å². The lowest BCUT2D eigenvalue weighted by Gasteiger charge is -2.11. The fourth-order valence-corrected chi connectivity index (χ4v) is 5.35. The first-order valence-electron chi connectivity index (χ1n) is 6.59.